The van der Waals surface area contributed by atoms with Crippen LogP contribution in [0, 0.1) is 0 Å². The summed E-state index contributed by atoms with van der Waals surface area (Å²) in [6.07, 6.45) is 3.85. The molecule has 1 rings (SSSR count). The van der Waals surface area contributed by atoms with Crippen molar-refractivity contribution in [2.45, 2.75) is 19.8 Å². The normalized spacial score (nSPS) is 10.1. The third kappa shape index (κ3) is 3.41. The molecule has 0 saturated heterocycles. The molecule has 0 saturated carbocycles. The van der Waals surface area contributed by atoms with Gasteiger partial charge in [0.2, 0.25) is 0 Å². The van der Waals surface area contributed by atoms with Crippen LogP contribution < -0.4 is 5.32 Å². The van der Waals surface area contributed by atoms with E-state index in [1.54, 1.807) is 12.3 Å². The molecule has 0 fully saturated rings. The average molecular weight is 219 g/mol. The van der Waals surface area contributed by atoms with E-state index in [-0.39, 0.29) is 0 Å². The predicted molar refractivity (Wildman–Crippen MR) is 57.7 cm³/mol. The maximum atomic E-state index is 5.90. The third-order valence-electron chi connectivity index (χ3n) is 1.63. The molecule has 0 radical (unpaired) electrons. The van der Waals surface area contributed by atoms with E-state index in [1.165, 1.54) is 0 Å². The van der Waals surface area contributed by atoms with Crippen molar-refractivity contribution in [3.05, 3.63) is 22.3 Å². The summed E-state index contributed by atoms with van der Waals surface area (Å²) >= 11 is 11.6. The highest BCUT2D eigenvalue weighted by atomic mass is 35.5. The molecule has 72 valence electrons. The Labute approximate surface area is 88.3 Å². The average Bonchev–Trinajstić information content (AvgIpc) is 2.09. The molecule has 0 aliphatic carbocycles. The van der Waals surface area contributed by atoms with Crippen LogP contribution in [0.15, 0.2) is 12.3 Å². The van der Waals surface area contributed by atoms with Crippen LogP contribution in [0.5, 0.6) is 0 Å². The largest absolute Gasteiger partial charge is 0.369 e. The lowest BCUT2D eigenvalue weighted by Gasteiger charge is -2.05. The Balaban J connectivity index is 2.56. The Kier molecular flexibility index (Phi) is 4.33. The van der Waals surface area contributed by atoms with Crippen LogP contribution in [0.2, 0.25) is 10.0 Å². The summed E-state index contributed by atoms with van der Waals surface area (Å²) < 4.78 is 0. The number of hydrogen-bond donors (Lipinski definition) is 1. The van der Waals surface area contributed by atoms with Crippen molar-refractivity contribution in [3.8, 4) is 0 Å². The molecule has 1 N–H and O–H groups in total. The molecule has 2 nitrogen and oxygen atoms in total. The van der Waals surface area contributed by atoms with Crippen LogP contribution in [0.1, 0.15) is 19.8 Å². The smallest absolute Gasteiger partial charge is 0.144 e. The molecule has 0 aromatic carbocycles. The van der Waals surface area contributed by atoms with E-state index < -0.39 is 0 Å². The van der Waals surface area contributed by atoms with Gasteiger partial charge in [-0.1, -0.05) is 36.5 Å². The number of anilines is 1. The molecule has 0 unspecified atom stereocenters. The Morgan fingerprint density at radius 2 is 2.23 bits per heavy atom. The van der Waals surface area contributed by atoms with Gasteiger partial charge in [0.05, 0.1) is 10.0 Å². The van der Waals surface area contributed by atoms with Crippen molar-refractivity contribution in [2.75, 3.05) is 11.9 Å². The molecule has 0 spiro atoms. The zero-order chi connectivity index (χ0) is 9.68. The van der Waals surface area contributed by atoms with Gasteiger partial charge in [-0.15, -0.1) is 0 Å². The molecule has 0 aliphatic heterocycles. The minimum Gasteiger partial charge on any atom is -0.369 e. The summed E-state index contributed by atoms with van der Waals surface area (Å²) in [5.41, 5.74) is 0. The fourth-order valence-corrected chi connectivity index (χ4v) is 1.38. The number of halogens is 2. The highest BCUT2D eigenvalue weighted by Crippen LogP contribution is 2.22. The summed E-state index contributed by atoms with van der Waals surface area (Å²) in [5, 5.41) is 4.27. The van der Waals surface area contributed by atoms with E-state index >= 15 is 0 Å². The standard InChI is InChI=1S/C9H12Cl2N2/c1-2-3-4-12-9-8(11)5-7(10)6-13-9/h5-6H,2-4H2,1H3,(H,12,13). The molecule has 0 amide bonds. The zero-order valence-corrected chi connectivity index (χ0v) is 8.99. The molecule has 1 aromatic rings. The van der Waals surface area contributed by atoms with Gasteiger partial charge in [0.1, 0.15) is 5.82 Å². The summed E-state index contributed by atoms with van der Waals surface area (Å²) in [5.74, 6) is 0.708. The Morgan fingerprint density at radius 3 is 2.85 bits per heavy atom. The second-order valence-electron chi connectivity index (χ2n) is 2.76. The number of rotatable bonds is 4. The van der Waals surface area contributed by atoms with Crippen LogP contribution in [-0.4, -0.2) is 11.5 Å². The van der Waals surface area contributed by atoms with E-state index in [9.17, 15) is 0 Å². The lowest BCUT2D eigenvalue weighted by Crippen LogP contribution is -2.02. The molecular weight excluding hydrogens is 207 g/mol. The first kappa shape index (κ1) is 10.6. The number of nitrogens with one attached hydrogen (secondary N) is 1. The summed E-state index contributed by atoms with van der Waals surface area (Å²) in [6.45, 7) is 3.03. The molecule has 0 bridgehead atoms. The van der Waals surface area contributed by atoms with Gasteiger partial charge in [0, 0.05) is 12.7 Å². The van der Waals surface area contributed by atoms with E-state index in [2.05, 4.69) is 17.2 Å². The fourth-order valence-electron chi connectivity index (χ4n) is 0.928. The Morgan fingerprint density at radius 1 is 1.46 bits per heavy atom. The fraction of sp³-hybridized carbons (Fsp3) is 0.444. The van der Waals surface area contributed by atoms with Crippen molar-refractivity contribution in [3.63, 3.8) is 0 Å². The lowest BCUT2D eigenvalue weighted by molar-refractivity contribution is 0.831. The van der Waals surface area contributed by atoms with Crippen LogP contribution >= 0.6 is 23.2 Å². The zero-order valence-electron chi connectivity index (χ0n) is 7.48. The molecule has 0 atom stereocenters. The molecule has 1 aromatic heterocycles. The molecular formula is C9H12Cl2N2. The van der Waals surface area contributed by atoms with Gasteiger partial charge in [0.25, 0.3) is 0 Å². The molecule has 13 heavy (non-hydrogen) atoms. The van der Waals surface area contributed by atoms with Crippen molar-refractivity contribution in [2.24, 2.45) is 0 Å². The molecule has 4 heteroatoms. The summed E-state index contributed by atoms with van der Waals surface area (Å²) in [4.78, 5) is 4.07. The van der Waals surface area contributed by atoms with E-state index in [0.29, 0.717) is 15.9 Å². The monoisotopic (exact) mass is 218 g/mol. The van der Waals surface area contributed by atoms with Gasteiger partial charge < -0.3 is 5.32 Å². The van der Waals surface area contributed by atoms with E-state index in [0.717, 1.165) is 19.4 Å². The highest BCUT2D eigenvalue weighted by Gasteiger charge is 2.00. The summed E-state index contributed by atoms with van der Waals surface area (Å²) in [7, 11) is 0. The maximum Gasteiger partial charge on any atom is 0.144 e. The van der Waals surface area contributed by atoms with E-state index in [4.69, 9.17) is 23.2 Å². The minimum atomic E-state index is 0.561. The number of hydrogen-bond acceptors (Lipinski definition) is 2. The SMILES string of the molecule is CCCCNc1ncc(Cl)cc1Cl. The predicted octanol–water partition coefficient (Wildman–Crippen LogP) is 3.60. The van der Waals surface area contributed by atoms with Gasteiger partial charge in [-0.3, -0.25) is 0 Å². The van der Waals surface area contributed by atoms with Gasteiger partial charge in [-0.2, -0.15) is 0 Å². The minimum absolute atomic E-state index is 0.561. The van der Waals surface area contributed by atoms with Crippen LogP contribution in [-0.2, 0) is 0 Å². The van der Waals surface area contributed by atoms with Gasteiger partial charge in [-0.05, 0) is 12.5 Å². The van der Waals surface area contributed by atoms with Crippen LogP contribution in [0.25, 0.3) is 0 Å². The third-order valence-corrected chi connectivity index (χ3v) is 2.13. The second-order valence-corrected chi connectivity index (χ2v) is 3.61. The van der Waals surface area contributed by atoms with Crippen LogP contribution in [0.4, 0.5) is 5.82 Å². The number of pyridine rings is 1. The van der Waals surface area contributed by atoms with Crippen LogP contribution in [0.3, 0.4) is 0 Å². The lowest BCUT2D eigenvalue weighted by atomic mass is 10.3. The van der Waals surface area contributed by atoms with Crippen molar-refractivity contribution in [1.29, 1.82) is 0 Å². The van der Waals surface area contributed by atoms with Crippen molar-refractivity contribution < 1.29 is 0 Å². The first-order valence-electron chi connectivity index (χ1n) is 4.29. The first-order chi connectivity index (χ1) is 6.24. The second kappa shape index (κ2) is 5.30. The number of aromatic nitrogens is 1. The van der Waals surface area contributed by atoms with Gasteiger partial charge in [-0.25, -0.2) is 4.98 Å². The van der Waals surface area contributed by atoms with Crippen molar-refractivity contribution in [1.82, 2.24) is 4.98 Å². The first-order valence-corrected chi connectivity index (χ1v) is 5.04. The Hall–Kier alpha value is -0.470. The number of unbranched alkanes of at least 4 members (excludes halogenated alkanes) is 1. The van der Waals surface area contributed by atoms with E-state index in [1.807, 2.05) is 0 Å². The van der Waals surface area contributed by atoms with Gasteiger partial charge in [0.15, 0.2) is 0 Å². The maximum absolute atomic E-state index is 5.90. The molecule has 0 aliphatic rings. The topological polar surface area (TPSA) is 24.9 Å². The summed E-state index contributed by atoms with van der Waals surface area (Å²) in [6, 6.07) is 1.68. The highest BCUT2D eigenvalue weighted by molar-refractivity contribution is 6.35. The van der Waals surface area contributed by atoms with Crippen molar-refractivity contribution >= 4 is 29.0 Å². The Bertz CT molecular complexity index is 276. The quantitative estimate of drug-likeness (QED) is 0.782. The van der Waals surface area contributed by atoms with Gasteiger partial charge >= 0.3 is 0 Å². The molecule has 1 heterocycles. The number of nitrogens with zero attached hydrogens (tertiary/aromatic N) is 1.